The molecule has 0 radical (unpaired) electrons. The van der Waals surface area contributed by atoms with Gasteiger partial charge in [0.05, 0.1) is 0 Å². The molecule has 0 saturated heterocycles. The van der Waals surface area contributed by atoms with Gasteiger partial charge in [-0.05, 0) is 12.0 Å². The molecule has 0 heterocycles. The molecule has 0 aromatic heterocycles. The predicted octanol–water partition coefficient (Wildman–Crippen LogP) is 0.716. The van der Waals surface area contributed by atoms with Crippen LogP contribution in [0.5, 0.6) is 0 Å². The molecule has 0 bridgehead atoms. The van der Waals surface area contributed by atoms with Gasteiger partial charge in [-0.1, -0.05) is 30.3 Å². The average Bonchev–Trinajstić information content (AvgIpc) is 2.15. The van der Waals surface area contributed by atoms with E-state index in [9.17, 15) is 9.13 Å². The van der Waals surface area contributed by atoms with Gasteiger partial charge in [-0.15, -0.1) is 4.44 Å². The molecule has 0 unspecified atom stereocenters. The Morgan fingerprint density at radius 1 is 0.941 bits per heavy atom. The normalized spacial score (nSPS) is 13.0. The maximum absolute atomic E-state index is 10.9. The first kappa shape index (κ1) is 14.5. The van der Waals surface area contributed by atoms with Crippen molar-refractivity contribution in [2.24, 2.45) is 0 Å². The summed E-state index contributed by atoms with van der Waals surface area (Å²) in [6.07, 6.45) is 0.136. The summed E-state index contributed by atoms with van der Waals surface area (Å²) in [5.41, 5.74) is 0.736. The third kappa shape index (κ3) is 4.69. The molecule has 0 aliphatic rings. The zero-order valence-electron chi connectivity index (χ0n) is 8.75. The van der Waals surface area contributed by atoms with E-state index in [2.05, 4.69) is 0 Å². The number of hydrogen-bond donors (Lipinski definition) is 4. The van der Waals surface area contributed by atoms with Crippen LogP contribution in [-0.2, 0) is 15.6 Å². The molecule has 0 spiro atoms. The van der Waals surface area contributed by atoms with Crippen LogP contribution in [0.3, 0.4) is 0 Å². The molecule has 7 nitrogen and oxygen atoms in total. The lowest BCUT2D eigenvalue weighted by Gasteiger charge is -2.23. The molecule has 1 aromatic rings. The molecule has 0 aliphatic carbocycles. The molecule has 4 N–H and O–H groups in total. The zero-order chi connectivity index (χ0) is 13.1. The summed E-state index contributed by atoms with van der Waals surface area (Å²) >= 11 is 0. The van der Waals surface area contributed by atoms with Crippen LogP contribution in [0.25, 0.3) is 0 Å². The molecular formula is C8H13NO6P2. The summed E-state index contributed by atoms with van der Waals surface area (Å²) in [6, 6.07) is 8.64. The lowest BCUT2D eigenvalue weighted by atomic mass is 10.2. The van der Waals surface area contributed by atoms with Crippen LogP contribution in [0.1, 0.15) is 5.56 Å². The molecule has 0 amide bonds. The summed E-state index contributed by atoms with van der Waals surface area (Å²) in [6.45, 7) is -0.418. The van der Waals surface area contributed by atoms with Crippen LogP contribution in [0, 0.1) is 0 Å². The molecule has 0 aliphatic heterocycles. The Kier molecular flexibility index (Phi) is 4.63. The minimum Gasteiger partial charge on any atom is -0.312 e. The summed E-state index contributed by atoms with van der Waals surface area (Å²) < 4.78 is 21.8. The van der Waals surface area contributed by atoms with Crippen molar-refractivity contribution < 1.29 is 28.7 Å². The number of nitrogens with zero attached hydrogens (tertiary/aromatic N) is 1. The fraction of sp³-hybridized carbons (Fsp3) is 0.250. The molecular weight excluding hydrogens is 268 g/mol. The Labute approximate surface area is 98.1 Å². The lowest BCUT2D eigenvalue weighted by molar-refractivity contribution is 0.270. The van der Waals surface area contributed by atoms with Gasteiger partial charge in [-0.25, -0.2) is 9.13 Å². The minimum absolute atomic E-state index is 0.0903. The second kappa shape index (κ2) is 5.42. The first-order chi connectivity index (χ1) is 7.71. The van der Waals surface area contributed by atoms with E-state index in [-0.39, 0.29) is 10.9 Å². The van der Waals surface area contributed by atoms with Crippen molar-refractivity contribution in [1.29, 1.82) is 0 Å². The minimum atomic E-state index is -4.96. The van der Waals surface area contributed by atoms with Gasteiger partial charge in [0.2, 0.25) is 0 Å². The summed E-state index contributed by atoms with van der Waals surface area (Å²) in [5, 5.41) is 0. The maximum Gasteiger partial charge on any atom is 0.412 e. The SMILES string of the molecule is O=P(O)(O)N(CCc1ccccc1)P(=O)(O)O. The Morgan fingerprint density at radius 3 is 1.82 bits per heavy atom. The molecule has 96 valence electrons. The maximum atomic E-state index is 10.9. The van der Waals surface area contributed by atoms with Gasteiger partial charge in [-0.2, -0.15) is 0 Å². The Balaban J connectivity index is 2.77. The first-order valence-corrected chi connectivity index (χ1v) is 7.78. The molecule has 0 atom stereocenters. The van der Waals surface area contributed by atoms with E-state index >= 15 is 0 Å². The smallest absolute Gasteiger partial charge is 0.312 e. The van der Waals surface area contributed by atoms with Crippen LogP contribution in [0.4, 0.5) is 0 Å². The Hall–Kier alpha value is -0.520. The lowest BCUT2D eigenvalue weighted by Crippen LogP contribution is -2.19. The summed E-state index contributed by atoms with van der Waals surface area (Å²) in [5.74, 6) is 0. The molecule has 1 rings (SSSR count). The topological polar surface area (TPSA) is 118 Å². The number of hydrogen-bond acceptors (Lipinski definition) is 2. The van der Waals surface area contributed by atoms with E-state index in [1.54, 1.807) is 30.3 Å². The van der Waals surface area contributed by atoms with Crippen molar-refractivity contribution in [2.45, 2.75) is 6.42 Å². The van der Waals surface area contributed by atoms with Crippen molar-refractivity contribution in [1.82, 2.24) is 4.44 Å². The van der Waals surface area contributed by atoms with Gasteiger partial charge in [-0.3, -0.25) is 0 Å². The average molecular weight is 281 g/mol. The Bertz CT molecular complexity index is 430. The van der Waals surface area contributed by atoms with E-state index in [0.29, 0.717) is 0 Å². The van der Waals surface area contributed by atoms with Crippen LogP contribution in [0.15, 0.2) is 30.3 Å². The van der Waals surface area contributed by atoms with Crippen molar-refractivity contribution in [3.05, 3.63) is 35.9 Å². The number of benzene rings is 1. The predicted molar refractivity (Wildman–Crippen MR) is 60.9 cm³/mol. The van der Waals surface area contributed by atoms with Gasteiger partial charge in [0.15, 0.2) is 0 Å². The highest BCUT2D eigenvalue weighted by Gasteiger charge is 2.39. The van der Waals surface area contributed by atoms with Gasteiger partial charge in [0, 0.05) is 6.54 Å². The van der Waals surface area contributed by atoms with Crippen molar-refractivity contribution in [3.8, 4) is 0 Å². The monoisotopic (exact) mass is 281 g/mol. The highest BCUT2D eigenvalue weighted by Crippen LogP contribution is 2.57. The molecule has 0 fully saturated rings. The van der Waals surface area contributed by atoms with Gasteiger partial charge >= 0.3 is 15.5 Å². The Morgan fingerprint density at radius 2 is 1.41 bits per heavy atom. The molecule has 1 aromatic carbocycles. The third-order valence-corrected chi connectivity index (χ3v) is 5.05. The fourth-order valence-electron chi connectivity index (χ4n) is 1.29. The van der Waals surface area contributed by atoms with Crippen molar-refractivity contribution in [2.75, 3.05) is 6.54 Å². The van der Waals surface area contributed by atoms with Gasteiger partial charge < -0.3 is 19.6 Å². The van der Waals surface area contributed by atoms with Crippen molar-refractivity contribution >= 4 is 15.5 Å². The second-order valence-corrected chi connectivity index (χ2v) is 6.69. The van der Waals surface area contributed by atoms with Crippen LogP contribution < -0.4 is 0 Å². The summed E-state index contributed by atoms with van der Waals surface area (Å²) in [4.78, 5) is 35.3. The highest BCUT2D eigenvalue weighted by atomic mass is 31.3. The van der Waals surface area contributed by atoms with E-state index < -0.39 is 22.0 Å². The van der Waals surface area contributed by atoms with E-state index in [0.717, 1.165) is 5.56 Å². The van der Waals surface area contributed by atoms with Gasteiger partial charge in [0.1, 0.15) is 0 Å². The fourth-order valence-corrected chi connectivity index (χ4v) is 3.22. The van der Waals surface area contributed by atoms with Crippen molar-refractivity contribution in [3.63, 3.8) is 0 Å². The zero-order valence-corrected chi connectivity index (χ0v) is 10.5. The molecule has 17 heavy (non-hydrogen) atoms. The van der Waals surface area contributed by atoms with Crippen LogP contribution in [0.2, 0.25) is 0 Å². The first-order valence-electron chi connectivity index (χ1n) is 4.65. The van der Waals surface area contributed by atoms with E-state index in [1.807, 2.05) is 0 Å². The largest absolute Gasteiger partial charge is 0.412 e. The third-order valence-electron chi connectivity index (χ3n) is 2.04. The van der Waals surface area contributed by atoms with Crippen LogP contribution >= 0.6 is 15.5 Å². The molecule has 0 saturated carbocycles. The number of rotatable bonds is 5. The highest BCUT2D eigenvalue weighted by molar-refractivity contribution is 7.65. The molecule has 9 heteroatoms. The standard InChI is InChI=1S/C8H13NO6P2/c10-16(11,12)9(17(13,14)15)7-6-8-4-2-1-3-5-8/h1-5H,6-7H2,(H2,10,11,12)(H2,13,14,15). The summed E-state index contributed by atoms with van der Waals surface area (Å²) in [7, 11) is -9.93. The van der Waals surface area contributed by atoms with E-state index in [1.165, 1.54) is 0 Å². The quantitative estimate of drug-likeness (QED) is 0.587. The van der Waals surface area contributed by atoms with E-state index in [4.69, 9.17) is 19.6 Å². The second-order valence-electron chi connectivity index (χ2n) is 3.36. The van der Waals surface area contributed by atoms with Crippen LogP contribution in [-0.4, -0.2) is 30.6 Å². The van der Waals surface area contributed by atoms with Gasteiger partial charge in [0.25, 0.3) is 0 Å².